The average molecular weight is 424 g/mol. The van der Waals surface area contributed by atoms with Crippen LogP contribution < -0.4 is 5.56 Å². The first-order valence-corrected chi connectivity index (χ1v) is 12.0. The normalized spacial score (nSPS) is 16.3. The Labute approximate surface area is 176 Å². The first-order valence-electron chi connectivity index (χ1n) is 10.6. The van der Waals surface area contributed by atoms with Gasteiger partial charge in [0, 0.05) is 37.0 Å². The van der Waals surface area contributed by atoms with Crippen LogP contribution in [0.5, 0.6) is 0 Å². The molecule has 0 amide bonds. The molecule has 0 saturated carbocycles. The molecule has 1 N–H and O–H groups in total. The van der Waals surface area contributed by atoms with Crippen LogP contribution in [0.25, 0.3) is 22.0 Å². The summed E-state index contributed by atoms with van der Waals surface area (Å²) in [5.41, 5.74) is 3.60. The van der Waals surface area contributed by atoms with Crippen LogP contribution in [0.15, 0.2) is 52.2 Å². The number of H-pyrrole nitrogens is 1. The van der Waals surface area contributed by atoms with Crippen LogP contribution in [0.3, 0.4) is 0 Å². The molecule has 30 heavy (non-hydrogen) atoms. The molecule has 3 aromatic rings. The lowest BCUT2D eigenvalue weighted by atomic mass is 10.0. The smallest absolute Gasteiger partial charge is 0.256 e. The van der Waals surface area contributed by atoms with Crippen molar-refractivity contribution in [3.05, 3.63) is 63.9 Å². The number of aromatic nitrogens is 1. The van der Waals surface area contributed by atoms with Crippen LogP contribution >= 0.6 is 0 Å². The number of rotatable bonds is 5. The molecular formula is C23H25N3O3S. The molecule has 1 aliphatic carbocycles. The van der Waals surface area contributed by atoms with Crippen molar-refractivity contribution in [2.45, 2.75) is 37.5 Å². The molecule has 2 heterocycles. The van der Waals surface area contributed by atoms with Gasteiger partial charge in [-0.15, -0.1) is 4.41 Å². The minimum absolute atomic E-state index is 0.114. The van der Waals surface area contributed by atoms with Gasteiger partial charge < -0.3 is 4.98 Å². The summed E-state index contributed by atoms with van der Waals surface area (Å²) in [6, 6.07) is 12.9. The van der Waals surface area contributed by atoms with E-state index in [0.717, 1.165) is 60.1 Å². The van der Waals surface area contributed by atoms with Gasteiger partial charge in [-0.1, -0.05) is 31.2 Å². The minimum Gasteiger partial charge on any atom is -0.321 e. The summed E-state index contributed by atoms with van der Waals surface area (Å²) in [4.78, 5) is 15.8. The Bertz CT molecular complexity index is 1290. The zero-order chi connectivity index (χ0) is 20.9. The number of sulfonamides is 1. The Balaban J connectivity index is 1.58. The Morgan fingerprint density at radius 1 is 1.07 bits per heavy atom. The molecule has 7 heteroatoms. The van der Waals surface area contributed by atoms with E-state index in [0.29, 0.717) is 23.2 Å². The highest BCUT2D eigenvalue weighted by atomic mass is 32.2. The van der Waals surface area contributed by atoms with E-state index < -0.39 is 10.0 Å². The lowest BCUT2D eigenvalue weighted by molar-refractivity contribution is 0.0895. The number of aromatic amines is 1. The van der Waals surface area contributed by atoms with Gasteiger partial charge in [-0.25, -0.2) is 13.4 Å². The summed E-state index contributed by atoms with van der Waals surface area (Å²) < 4.78 is 28.5. The molecule has 5 rings (SSSR count). The zero-order valence-corrected chi connectivity index (χ0v) is 17.8. The number of benzene rings is 2. The summed E-state index contributed by atoms with van der Waals surface area (Å²) in [5.74, 6) is 0. The lowest BCUT2D eigenvalue weighted by Crippen LogP contribution is -2.45. The van der Waals surface area contributed by atoms with Crippen LogP contribution in [0.1, 0.15) is 37.3 Å². The van der Waals surface area contributed by atoms with E-state index in [2.05, 4.69) is 4.98 Å². The number of hydrogen-bond donors (Lipinski definition) is 1. The maximum absolute atomic E-state index is 13.5. The van der Waals surface area contributed by atoms with E-state index >= 15 is 0 Å². The summed E-state index contributed by atoms with van der Waals surface area (Å²) in [6.07, 6.45) is 3.42. The van der Waals surface area contributed by atoms with Crippen molar-refractivity contribution in [2.75, 3.05) is 19.6 Å². The van der Waals surface area contributed by atoms with E-state index in [1.807, 2.05) is 42.3 Å². The van der Waals surface area contributed by atoms with Crippen LogP contribution in [0.2, 0.25) is 0 Å². The van der Waals surface area contributed by atoms with Crippen molar-refractivity contribution in [1.82, 2.24) is 14.4 Å². The van der Waals surface area contributed by atoms with Gasteiger partial charge in [0.15, 0.2) is 0 Å². The molecule has 1 aromatic heterocycles. The third-order valence-corrected chi connectivity index (χ3v) is 7.96. The van der Waals surface area contributed by atoms with E-state index in [-0.39, 0.29) is 5.56 Å². The Morgan fingerprint density at radius 2 is 1.80 bits per heavy atom. The number of fused-ring (bicyclic) bond motifs is 5. The van der Waals surface area contributed by atoms with Crippen molar-refractivity contribution in [3.8, 4) is 11.3 Å². The van der Waals surface area contributed by atoms with Crippen molar-refractivity contribution < 1.29 is 8.42 Å². The van der Waals surface area contributed by atoms with Gasteiger partial charge in [-0.05, 0) is 54.0 Å². The second-order valence-electron chi connectivity index (χ2n) is 8.06. The van der Waals surface area contributed by atoms with Gasteiger partial charge in [0.25, 0.3) is 15.6 Å². The van der Waals surface area contributed by atoms with Crippen LogP contribution in [-0.2, 0) is 16.4 Å². The molecule has 156 valence electrons. The van der Waals surface area contributed by atoms with E-state index in [1.54, 1.807) is 16.5 Å². The highest BCUT2D eigenvalue weighted by Gasteiger charge is 2.32. The Kier molecular flexibility index (Phi) is 4.76. The zero-order valence-electron chi connectivity index (χ0n) is 17.0. The fraction of sp³-hybridized carbons (Fsp3) is 0.348. The second-order valence-corrected chi connectivity index (χ2v) is 9.90. The van der Waals surface area contributed by atoms with Crippen molar-refractivity contribution in [2.24, 2.45) is 0 Å². The molecule has 0 radical (unpaired) electrons. The Morgan fingerprint density at radius 3 is 2.53 bits per heavy atom. The van der Waals surface area contributed by atoms with Crippen LogP contribution in [0, 0.1) is 0 Å². The maximum atomic E-state index is 13.5. The van der Waals surface area contributed by atoms with Gasteiger partial charge in [0.1, 0.15) is 0 Å². The van der Waals surface area contributed by atoms with Crippen molar-refractivity contribution in [3.63, 3.8) is 0 Å². The lowest BCUT2D eigenvalue weighted by Gasteiger charge is -2.30. The van der Waals surface area contributed by atoms with Gasteiger partial charge in [-0.2, -0.15) is 0 Å². The molecule has 1 fully saturated rings. The van der Waals surface area contributed by atoms with Gasteiger partial charge in [-0.3, -0.25) is 4.79 Å². The average Bonchev–Trinajstić information content (AvgIpc) is 3.40. The highest BCUT2D eigenvalue weighted by Crippen LogP contribution is 2.39. The molecule has 1 aliphatic heterocycles. The molecule has 0 bridgehead atoms. The van der Waals surface area contributed by atoms with Crippen molar-refractivity contribution in [1.29, 1.82) is 0 Å². The first kappa shape index (κ1) is 19.5. The third kappa shape index (κ3) is 3.00. The predicted molar refractivity (Wildman–Crippen MR) is 118 cm³/mol. The number of nitrogens with zero attached hydrogens (tertiary/aromatic N) is 2. The Hall–Kier alpha value is -2.48. The predicted octanol–water partition coefficient (Wildman–Crippen LogP) is 3.51. The van der Waals surface area contributed by atoms with Gasteiger partial charge in [0.05, 0.1) is 10.6 Å². The molecular weight excluding hydrogens is 398 g/mol. The topological polar surface area (TPSA) is 73.5 Å². The molecule has 0 unspecified atom stereocenters. The molecule has 0 spiro atoms. The standard InChI is InChI=1S/C23H25N3O3S/c1-2-11-26(25-12-5-6-13-25)30(28,29)17-9-10-18-16(14-17)15-21-19-7-3-4-8-20(19)23(27)24-22(18)21/h3-4,7-10,14H,2,5-6,11-13,15H2,1H3,(H,24,27). The van der Waals surface area contributed by atoms with Crippen LogP contribution in [-0.4, -0.2) is 42.5 Å². The molecule has 2 aromatic carbocycles. The van der Waals surface area contributed by atoms with E-state index in [4.69, 9.17) is 0 Å². The summed E-state index contributed by atoms with van der Waals surface area (Å²) >= 11 is 0. The maximum Gasteiger partial charge on any atom is 0.256 e. The second kappa shape index (κ2) is 7.34. The van der Waals surface area contributed by atoms with Gasteiger partial charge >= 0.3 is 0 Å². The fourth-order valence-electron chi connectivity index (χ4n) is 4.71. The van der Waals surface area contributed by atoms with E-state index in [1.165, 1.54) is 0 Å². The largest absolute Gasteiger partial charge is 0.321 e. The van der Waals surface area contributed by atoms with E-state index in [9.17, 15) is 13.2 Å². The quantitative estimate of drug-likeness (QED) is 0.533. The summed E-state index contributed by atoms with van der Waals surface area (Å²) in [7, 11) is -3.62. The SMILES string of the molecule is CCCN(N1CCCC1)S(=O)(=O)c1ccc2c(c1)Cc1c-2[nH]c(=O)c2ccccc12. The van der Waals surface area contributed by atoms with Crippen molar-refractivity contribution >= 4 is 20.8 Å². The fourth-order valence-corrected chi connectivity index (χ4v) is 6.37. The van der Waals surface area contributed by atoms with Crippen LogP contribution in [0.4, 0.5) is 0 Å². The minimum atomic E-state index is -3.62. The summed E-state index contributed by atoms with van der Waals surface area (Å²) in [5, 5.41) is 3.56. The highest BCUT2D eigenvalue weighted by molar-refractivity contribution is 7.89. The first-order chi connectivity index (χ1) is 14.5. The number of hydrazine groups is 1. The summed E-state index contributed by atoms with van der Waals surface area (Å²) in [6.45, 7) is 4.04. The molecule has 2 aliphatic rings. The molecule has 1 saturated heterocycles. The number of hydrogen-bond acceptors (Lipinski definition) is 4. The molecule has 6 nitrogen and oxygen atoms in total. The monoisotopic (exact) mass is 423 g/mol. The van der Waals surface area contributed by atoms with Gasteiger partial charge in [0.2, 0.25) is 0 Å². The number of pyridine rings is 1. The third-order valence-electron chi connectivity index (χ3n) is 6.14. The number of nitrogens with one attached hydrogen (secondary N) is 1. The molecule has 0 atom stereocenters.